The fourth-order valence-corrected chi connectivity index (χ4v) is 5.22. The van der Waals surface area contributed by atoms with E-state index in [0.717, 1.165) is 50.5 Å². The summed E-state index contributed by atoms with van der Waals surface area (Å²) in [6.07, 6.45) is 12.1. The van der Waals surface area contributed by atoms with E-state index in [4.69, 9.17) is 11.6 Å². The number of H-pyrrole nitrogens is 1. The fraction of sp³-hybridized carbons (Fsp3) is 0.500. The van der Waals surface area contributed by atoms with Gasteiger partial charge in [0.05, 0.1) is 11.2 Å². The topological polar surface area (TPSA) is 86.8 Å². The van der Waals surface area contributed by atoms with Crippen LogP contribution >= 0.6 is 11.6 Å². The molecule has 1 aliphatic carbocycles. The molecule has 0 unspecified atom stereocenters. The lowest BCUT2D eigenvalue weighted by molar-refractivity contribution is -0.138. The number of fused-ring (bicyclic) bond motifs is 1. The Balaban J connectivity index is 1.27. The van der Waals surface area contributed by atoms with Crippen LogP contribution in [0.3, 0.4) is 0 Å². The minimum Gasteiger partial charge on any atom is -0.367 e. The van der Waals surface area contributed by atoms with Gasteiger partial charge in [0.15, 0.2) is 17.5 Å². The smallest absolute Gasteiger partial charge is 0.225 e. The summed E-state index contributed by atoms with van der Waals surface area (Å²) in [6, 6.07) is 1.79. The maximum Gasteiger partial charge on any atom is 0.225 e. The number of aromatic amines is 1. The monoisotopic (exact) mass is 470 g/mol. The van der Waals surface area contributed by atoms with Crippen molar-refractivity contribution in [2.24, 2.45) is 11.8 Å². The van der Waals surface area contributed by atoms with E-state index >= 15 is 0 Å². The molecule has 2 N–H and O–H groups in total. The summed E-state index contributed by atoms with van der Waals surface area (Å²) < 4.78 is 14.5. The lowest BCUT2D eigenvalue weighted by atomic mass is 9.87. The van der Waals surface area contributed by atoms with E-state index in [1.807, 2.05) is 4.90 Å². The largest absolute Gasteiger partial charge is 0.367 e. The summed E-state index contributed by atoms with van der Waals surface area (Å²) in [5.74, 6) is 0.820. The summed E-state index contributed by atoms with van der Waals surface area (Å²) in [5.41, 5.74) is 1.38. The van der Waals surface area contributed by atoms with E-state index in [9.17, 15) is 9.18 Å². The molecule has 33 heavy (non-hydrogen) atoms. The van der Waals surface area contributed by atoms with Crippen LogP contribution in [-0.2, 0) is 4.79 Å². The van der Waals surface area contributed by atoms with Crippen molar-refractivity contribution in [2.45, 2.75) is 44.9 Å². The van der Waals surface area contributed by atoms with Gasteiger partial charge in [-0.2, -0.15) is 0 Å². The molecule has 1 atom stereocenters. The SMILES string of the molecule is O=C(C1CCCCC1)N1CCC[C@H](CNc2nc(-c3c[nH]c4ncc(Cl)cc34)ncc2F)C1. The maximum absolute atomic E-state index is 14.5. The Morgan fingerprint density at radius 1 is 1.18 bits per heavy atom. The number of halogens is 2. The van der Waals surface area contributed by atoms with Crippen molar-refractivity contribution in [3.05, 3.63) is 35.5 Å². The first-order valence-electron chi connectivity index (χ1n) is 11.8. The van der Waals surface area contributed by atoms with Gasteiger partial charge in [-0.05, 0) is 37.7 Å². The van der Waals surface area contributed by atoms with Gasteiger partial charge in [0.25, 0.3) is 0 Å². The second-order valence-corrected chi connectivity index (χ2v) is 9.59. The number of anilines is 1. The Morgan fingerprint density at radius 3 is 2.88 bits per heavy atom. The van der Waals surface area contributed by atoms with Gasteiger partial charge >= 0.3 is 0 Å². The number of nitrogens with one attached hydrogen (secondary N) is 2. The summed E-state index contributed by atoms with van der Waals surface area (Å²) in [7, 11) is 0. The minimum absolute atomic E-state index is 0.167. The molecule has 4 heterocycles. The van der Waals surface area contributed by atoms with Crippen molar-refractivity contribution >= 4 is 34.4 Å². The number of nitrogens with zero attached hydrogens (tertiary/aromatic N) is 4. The fourth-order valence-electron chi connectivity index (χ4n) is 5.06. The zero-order valence-electron chi connectivity index (χ0n) is 18.5. The number of hydrogen-bond acceptors (Lipinski definition) is 5. The van der Waals surface area contributed by atoms with Crippen molar-refractivity contribution < 1.29 is 9.18 Å². The van der Waals surface area contributed by atoms with Gasteiger partial charge in [-0.25, -0.2) is 19.3 Å². The number of aromatic nitrogens is 4. The third kappa shape index (κ3) is 4.81. The third-order valence-corrected chi connectivity index (χ3v) is 7.03. The van der Waals surface area contributed by atoms with Crippen LogP contribution < -0.4 is 5.32 Å². The van der Waals surface area contributed by atoms with E-state index in [1.165, 1.54) is 12.6 Å². The first kappa shape index (κ1) is 22.1. The Labute approximate surface area is 197 Å². The lowest BCUT2D eigenvalue weighted by Crippen LogP contribution is -2.44. The van der Waals surface area contributed by atoms with Crippen LogP contribution in [0.5, 0.6) is 0 Å². The number of carbonyl (C=O) groups is 1. The van der Waals surface area contributed by atoms with Gasteiger partial charge in [0.2, 0.25) is 5.91 Å². The van der Waals surface area contributed by atoms with Crippen molar-refractivity contribution in [3.63, 3.8) is 0 Å². The highest BCUT2D eigenvalue weighted by atomic mass is 35.5. The molecule has 9 heteroatoms. The molecule has 174 valence electrons. The second-order valence-electron chi connectivity index (χ2n) is 9.15. The Kier molecular flexibility index (Phi) is 6.44. The van der Waals surface area contributed by atoms with Crippen molar-refractivity contribution in [2.75, 3.05) is 25.0 Å². The molecule has 1 saturated carbocycles. The molecular weight excluding hydrogens is 443 g/mol. The van der Waals surface area contributed by atoms with Gasteiger partial charge in [-0.3, -0.25) is 4.79 Å². The molecule has 5 rings (SSSR count). The van der Waals surface area contributed by atoms with Gasteiger partial charge < -0.3 is 15.2 Å². The van der Waals surface area contributed by atoms with E-state index in [0.29, 0.717) is 41.1 Å². The van der Waals surface area contributed by atoms with E-state index < -0.39 is 5.82 Å². The predicted molar refractivity (Wildman–Crippen MR) is 126 cm³/mol. The Hall–Kier alpha value is -2.74. The molecule has 0 bridgehead atoms. The summed E-state index contributed by atoms with van der Waals surface area (Å²) in [4.78, 5) is 30.9. The number of piperidine rings is 1. The van der Waals surface area contributed by atoms with Crippen molar-refractivity contribution in [1.29, 1.82) is 0 Å². The summed E-state index contributed by atoms with van der Waals surface area (Å²) >= 11 is 6.09. The van der Waals surface area contributed by atoms with Crippen LogP contribution in [0.25, 0.3) is 22.4 Å². The minimum atomic E-state index is -0.499. The second kappa shape index (κ2) is 9.63. The Bertz CT molecular complexity index is 1150. The molecule has 3 aromatic heterocycles. The van der Waals surface area contributed by atoms with Crippen LogP contribution in [0.15, 0.2) is 24.7 Å². The third-order valence-electron chi connectivity index (χ3n) is 6.83. The van der Waals surface area contributed by atoms with Crippen LogP contribution in [-0.4, -0.2) is 50.4 Å². The van der Waals surface area contributed by atoms with E-state index in [2.05, 4.69) is 25.3 Å². The summed E-state index contributed by atoms with van der Waals surface area (Å²) in [6.45, 7) is 2.10. The van der Waals surface area contributed by atoms with Crippen molar-refractivity contribution in [3.8, 4) is 11.4 Å². The number of likely N-dealkylation sites (tertiary alicyclic amines) is 1. The van der Waals surface area contributed by atoms with Gasteiger partial charge in [-0.15, -0.1) is 0 Å². The number of hydrogen-bond donors (Lipinski definition) is 2. The van der Waals surface area contributed by atoms with Gasteiger partial charge in [0, 0.05) is 48.9 Å². The molecular formula is C24H28ClFN6O. The molecule has 0 aromatic carbocycles. The quantitative estimate of drug-likeness (QED) is 0.545. The van der Waals surface area contributed by atoms with E-state index in [1.54, 1.807) is 18.5 Å². The molecule has 1 aliphatic heterocycles. The van der Waals surface area contributed by atoms with Crippen LogP contribution in [0.4, 0.5) is 10.2 Å². The molecule has 2 aliphatic rings. The normalized spacial score (nSPS) is 19.7. The number of rotatable bonds is 5. The standard InChI is InChI=1S/C24H28ClFN6O/c25-17-9-18-19(12-29-21(18)28-11-17)22-30-13-20(26)23(31-22)27-10-15-5-4-8-32(14-15)24(33)16-6-2-1-3-7-16/h9,11-13,15-16H,1-8,10,14H2,(H,28,29)(H,27,30,31)/t15-/m1/s1. The molecule has 1 saturated heterocycles. The van der Waals surface area contributed by atoms with E-state index in [-0.39, 0.29) is 17.7 Å². The molecule has 7 nitrogen and oxygen atoms in total. The Morgan fingerprint density at radius 2 is 2.03 bits per heavy atom. The molecule has 2 fully saturated rings. The zero-order chi connectivity index (χ0) is 22.8. The summed E-state index contributed by atoms with van der Waals surface area (Å²) in [5, 5.41) is 4.46. The van der Waals surface area contributed by atoms with Gasteiger partial charge in [-0.1, -0.05) is 30.9 Å². The first-order chi connectivity index (χ1) is 16.1. The maximum atomic E-state index is 14.5. The lowest BCUT2D eigenvalue weighted by Gasteiger charge is -2.36. The molecule has 0 radical (unpaired) electrons. The molecule has 3 aromatic rings. The van der Waals surface area contributed by atoms with Crippen LogP contribution in [0, 0.1) is 17.7 Å². The highest BCUT2D eigenvalue weighted by molar-refractivity contribution is 6.31. The average molecular weight is 471 g/mol. The molecule has 0 spiro atoms. The van der Waals surface area contributed by atoms with Gasteiger partial charge in [0.1, 0.15) is 5.65 Å². The number of amides is 1. The average Bonchev–Trinajstić information content (AvgIpc) is 3.27. The highest BCUT2D eigenvalue weighted by Crippen LogP contribution is 2.29. The highest BCUT2D eigenvalue weighted by Gasteiger charge is 2.29. The zero-order valence-corrected chi connectivity index (χ0v) is 19.2. The van der Waals surface area contributed by atoms with Crippen molar-refractivity contribution in [1.82, 2.24) is 24.8 Å². The molecule has 1 amide bonds. The number of pyridine rings is 1. The first-order valence-corrected chi connectivity index (χ1v) is 12.1. The van der Waals surface area contributed by atoms with Crippen LogP contribution in [0.2, 0.25) is 5.02 Å². The predicted octanol–water partition coefficient (Wildman–Crippen LogP) is 5.04. The van der Waals surface area contributed by atoms with Crippen LogP contribution in [0.1, 0.15) is 44.9 Å². The number of carbonyl (C=O) groups excluding carboxylic acids is 1.